The molecule has 0 saturated heterocycles. The van der Waals surface area contributed by atoms with Gasteiger partial charge in [-0.1, -0.05) is 0 Å². The van der Waals surface area contributed by atoms with Crippen LogP contribution in [0.2, 0.25) is 0 Å². The first-order chi connectivity index (χ1) is 7.55. The summed E-state index contributed by atoms with van der Waals surface area (Å²) in [6.45, 7) is 3.92. The SMILES string of the molecule is CCOC(=O)C1=C[C@@H]2CC(=O)C=C[C@]2(C)O1. The molecule has 2 atom stereocenters. The van der Waals surface area contributed by atoms with E-state index in [4.69, 9.17) is 9.47 Å². The number of fused-ring (bicyclic) bond motifs is 1. The Morgan fingerprint density at radius 1 is 1.69 bits per heavy atom. The van der Waals surface area contributed by atoms with Crippen molar-refractivity contribution >= 4 is 11.8 Å². The zero-order chi connectivity index (χ0) is 11.8. The van der Waals surface area contributed by atoms with Gasteiger partial charge in [0.15, 0.2) is 5.78 Å². The fourth-order valence-corrected chi connectivity index (χ4v) is 1.97. The molecule has 1 aliphatic carbocycles. The summed E-state index contributed by atoms with van der Waals surface area (Å²) in [7, 11) is 0. The molecule has 86 valence electrons. The van der Waals surface area contributed by atoms with E-state index >= 15 is 0 Å². The second kappa shape index (κ2) is 3.77. The highest BCUT2D eigenvalue weighted by Crippen LogP contribution is 2.39. The van der Waals surface area contributed by atoms with E-state index < -0.39 is 11.6 Å². The molecule has 16 heavy (non-hydrogen) atoms. The Balaban J connectivity index is 2.18. The third-order valence-electron chi connectivity index (χ3n) is 2.92. The Morgan fingerprint density at radius 2 is 2.44 bits per heavy atom. The lowest BCUT2D eigenvalue weighted by Crippen LogP contribution is -2.34. The highest BCUT2D eigenvalue weighted by Gasteiger charge is 2.44. The van der Waals surface area contributed by atoms with Crippen LogP contribution in [0, 0.1) is 5.92 Å². The monoisotopic (exact) mass is 222 g/mol. The molecule has 0 aromatic carbocycles. The van der Waals surface area contributed by atoms with Gasteiger partial charge < -0.3 is 9.47 Å². The van der Waals surface area contributed by atoms with Gasteiger partial charge in [0.05, 0.1) is 6.61 Å². The van der Waals surface area contributed by atoms with E-state index in [1.165, 1.54) is 6.08 Å². The molecule has 0 unspecified atom stereocenters. The van der Waals surface area contributed by atoms with Crippen LogP contribution in [0.5, 0.6) is 0 Å². The van der Waals surface area contributed by atoms with Crippen molar-refractivity contribution in [3.63, 3.8) is 0 Å². The lowest BCUT2D eigenvalue weighted by Gasteiger charge is -2.29. The Morgan fingerprint density at radius 3 is 3.12 bits per heavy atom. The summed E-state index contributed by atoms with van der Waals surface area (Å²) in [5.41, 5.74) is -0.573. The molecule has 0 amide bonds. The molecule has 4 nitrogen and oxygen atoms in total. The Bertz CT molecular complexity index is 394. The Labute approximate surface area is 93.9 Å². The lowest BCUT2D eigenvalue weighted by molar-refractivity contribution is -0.144. The molecule has 0 bridgehead atoms. The second-order valence-electron chi connectivity index (χ2n) is 4.15. The van der Waals surface area contributed by atoms with Gasteiger partial charge in [-0.25, -0.2) is 4.79 Å². The van der Waals surface area contributed by atoms with Gasteiger partial charge in [-0.05, 0) is 32.1 Å². The van der Waals surface area contributed by atoms with Crippen molar-refractivity contribution in [1.29, 1.82) is 0 Å². The molecule has 2 rings (SSSR count). The molecular weight excluding hydrogens is 208 g/mol. The highest BCUT2D eigenvalue weighted by molar-refractivity contribution is 5.92. The van der Waals surface area contributed by atoms with Crippen LogP contribution in [0.15, 0.2) is 24.0 Å². The minimum Gasteiger partial charge on any atom is -0.476 e. The number of allylic oxidation sites excluding steroid dienone is 1. The van der Waals surface area contributed by atoms with E-state index in [0.717, 1.165) is 0 Å². The number of carbonyl (C=O) groups excluding carboxylic acids is 2. The van der Waals surface area contributed by atoms with Crippen LogP contribution >= 0.6 is 0 Å². The summed E-state index contributed by atoms with van der Waals surface area (Å²) in [4.78, 5) is 22.8. The van der Waals surface area contributed by atoms with E-state index in [2.05, 4.69) is 0 Å². The van der Waals surface area contributed by atoms with Gasteiger partial charge in [-0.2, -0.15) is 0 Å². The third kappa shape index (κ3) is 1.75. The quantitative estimate of drug-likeness (QED) is 0.662. The Kier molecular flexibility index (Phi) is 2.58. The fourth-order valence-electron chi connectivity index (χ4n) is 1.97. The number of ketones is 1. The second-order valence-corrected chi connectivity index (χ2v) is 4.15. The fraction of sp³-hybridized carbons (Fsp3) is 0.500. The molecule has 1 aliphatic heterocycles. The predicted octanol–water partition coefficient (Wildman–Crippen LogP) is 1.37. The van der Waals surface area contributed by atoms with Crippen molar-refractivity contribution in [2.24, 2.45) is 5.92 Å². The molecule has 0 radical (unpaired) electrons. The van der Waals surface area contributed by atoms with Crippen LogP contribution in [0.1, 0.15) is 20.3 Å². The largest absolute Gasteiger partial charge is 0.476 e. The summed E-state index contributed by atoms with van der Waals surface area (Å²) in [5, 5.41) is 0. The molecule has 4 heteroatoms. The molecule has 0 aromatic rings. The molecule has 0 spiro atoms. The van der Waals surface area contributed by atoms with Crippen molar-refractivity contribution < 1.29 is 19.1 Å². The number of esters is 1. The number of hydrogen-bond acceptors (Lipinski definition) is 4. The summed E-state index contributed by atoms with van der Waals surface area (Å²) in [6.07, 6.45) is 5.31. The highest BCUT2D eigenvalue weighted by atomic mass is 16.6. The maximum absolute atomic E-state index is 11.5. The van der Waals surface area contributed by atoms with Crippen LogP contribution in [-0.2, 0) is 19.1 Å². The van der Waals surface area contributed by atoms with Crippen molar-refractivity contribution in [2.45, 2.75) is 25.9 Å². The third-order valence-corrected chi connectivity index (χ3v) is 2.92. The van der Waals surface area contributed by atoms with E-state index in [1.54, 1.807) is 19.1 Å². The van der Waals surface area contributed by atoms with Crippen LogP contribution in [0.25, 0.3) is 0 Å². The minimum atomic E-state index is -0.573. The molecule has 1 heterocycles. The van der Waals surface area contributed by atoms with Crippen molar-refractivity contribution in [3.8, 4) is 0 Å². The van der Waals surface area contributed by atoms with E-state index in [1.807, 2.05) is 6.92 Å². The summed E-state index contributed by atoms with van der Waals surface area (Å²) >= 11 is 0. The molecule has 0 N–H and O–H groups in total. The van der Waals surface area contributed by atoms with Crippen LogP contribution in [-0.4, -0.2) is 24.0 Å². The maximum Gasteiger partial charge on any atom is 0.373 e. The van der Waals surface area contributed by atoms with Gasteiger partial charge in [0, 0.05) is 12.3 Å². The van der Waals surface area contributed by atoms with Gasteiger partial charge >= 0.3 is 5.97 Å². The van der Waals surface area contributed by atoms with Crippen molar-refractivity contribution in [2.75, 3.05) is 6.61 Å². The van der Waals surface area contributed by atoms with Gasteiger partial charge in [0.25, 0.3) is 0 Å². The summed E-state index contributed by atoms with van der Waals surface area (Å²) < 4.78 is 10.4. The van der Waals surface area contributed by atoms with E-state index in [0.29, 0.717) is 13.0 Å². The molecule has 0 fully saturated rings. The van der Waals surface area contributed by atoms with E-state index in [9.17, 15) is 9.59 Å². The van der Waals surface area contributed by atoms with Crippen molar-refractivity contribution in [3.05, 3.63) is 24.0 Å². The average molecular weight is 222 g/mol. The van der Waals surface area contributed by atoms with Gasteiger partial charge in [-0.15, -0.1) is 0 Å². The average Bonchev–Trinajstić information content (AvgIpc) is 2.56. The van der Waals surface area contributed by atoms with E-state index in [-0.39, 0.29) is 17.5 Å². The number of ether oxygens (including phenoxy) is 2. The minimum absolute atomic E-state index is 0.0624. The standard InChI is InChI=1S/C12H14O4/c1-3-15-11(14)10-7-8-6-9(13)4-5-12(8,2)16-10/h4-5,7-8H,3,6H2,1-2H3/t8-,12-/m0/s1. The predicted molar refractivity (Wildman–Crippen MR) is 56.5 cm³/mol. The van der Waals surface area contributed by atoms with Crippen LogP contribution in [0.3, 0.4) is 0 Å². The summed E-state index contributed by atoms with van der Waals surface area (Å²) in [5.74, 6) is -0.246. The first kappa shape index (κ1) is 10.9. The first-order valence-electron chi connectivity index (χ1n) is 5.35. The van der Waals surface area contributed by atoms with Crippen molar-refractivity contribution in [1.82, 2.24) is 0 Å². The van der Waals surface area contributed by atoms with Gasteiger partial charge in [-0.3, -0.25) is 4.79 Å². The zero-order valence-corrected chi connectivity index (χ0v) is 9.36. The van der Waals surface area contributed by atoms with Gasteiger partial charge in [0.1, 0.15) is 5.60 Å². The van der Waals surface area contributed by atoms with Gasteiger partial charge in [0.2, 0.25) is 5.76 Å². The smallest absolute Gasteiger partial charge is 0.373 e. The molecular formula is C12H14O4. The first-order valence-corrected chi connectivity index (χ1v) is 5.35. The molecule has 0 aromatic heterocycles. The maximum atomic E-state index is 11.5. The number of hydrogen-bond donors (Lipinski definition) is 0. The normalized spacial score (nSPS) is 31.8. The lowest BCUT2D eigenvalue weighted by atomic mass is 9.82. The molecule has 2 aliphatic rings. The molecule has 0 saturated carbocycles. The Hall–Kier alpha value is -1.58. The van der Waals surface area contributed by atoms with Crippen LogP contribution < -0.4 is 0 Å². The zero-order valence-electron chi connectivity index (χ0n) is 9.36. The topological polar surface area (TPSA) is 52.6 Å². The number of carbonyl (C=O) groups is 2. The summed E-state index contributed by atoms with van der Waals surface area (Å²) in [6, 6.07) is 0. The number of rotatable bonds is 2. The van der Waals surface area contributed by atoms with Crippen LogP contribution in [0.4, 0.5) is 0 Å².